The summed E-state index contributed by atoms with van der Waals surface area (Å²) >= 11 is 0. The molecule has 0 bridgehead atoms. The summed E-state index contributed by atoms with van der Waals surface area (Å²) in [5.41, 5.74) is 5.16. The first-order valence-corrected chi connectivity index (χ1v) is 5.22. The van der Waals surface area contributed by atoms with Gasteiger partial charge in [-0.25, -0.2) is 4.79 Å². The predicted molar refractivity (Wildman–Crippen MR) is 59.8 cm³/mol. The van der Waals surface area contributed by atoms with E-state index in [4.69, 9.17) is 11.1 Å². The Morgan fingerprint density at radius 3 is 2.33 bits per heavy atom. The fraction of sp³-hybridized carbons (Fsp3) is 0.800. The number of nitrogens with two attached hydrogens (primary N) is 1. The predicted octanol–water partition coefficient (Wildman–Crippen LogP) is 0.799. The summed E-state index contributed by atoms with van der Waals surface area (Å²) in [6.07, 6.45) is 2.08. The van der Waals surface area contributed by atoms with Crippen molar-refractivity contribution in [1.29, 1.82) is 5.41 Å². The van der Waals surface area contributed by atoms with Gasteiger partial charge in [-0.05, 0) is 39.5 Å². The monoisotopic (exact) mass is 212 g/mol. The number of amidine groups is 1. The molecule has 0 aromatic rings. The van der Waals surface area contributed by atoms with Crippen molar-refractivity contribution in [3.05, 3.63) is 0 Å². The van der Waals surface area contributed by atoms with Crippen LogP contribution in [0.1, 0.15) is 33.6 Å². The van der Waals surface area contributed by atoms with E-state index in [1.54, 1.807) is 0 Å². The summed E-state index contributed by atoms with van der Waals surface area (Å²) in [5.74, 6) is 0.398. The third-order valence-corrected chi connectivity index (χ3v) is 2.20. The van der Waals surface area contributed by atoms with Crippen molar-refractivity contribution >= 4 is 11.9 Å². The van der Waals surface area contributed by atoms with Gasteiger partial charge in [0.15, 0.2) is 0 Å². The van der Waals surface area contributed by atoms with Crippen molar-refractivity contribution in [2.24, 2.45) is 11.7 Å². The lowest BCUT2D eigenvalue weighted by molar-refractivity contribution is 0.229. The average Bonchev–Trinajstić information content (AvgIpc) is 2.78. The molecule has 0 aliphatic heterocycles. The van der Waals surface area contributed by atoms with E-state index < -0.39 is 0 Å². The molecule has 0 heterocycles. The molecule has 1 rings (SSSR count). The molecule has 5 heteroatoms. The molecular formula is C10H20N4O. The minimum absolute atomic E-state index is 0.0431. The van der Waals surface area contributed by atoms with E-state index in [-0.39, 0.29) is 23.4 Å². The Balaban J connectivity index is 2.44. The van der Waals surface area contributed by atoms with Crippen molar-refractivity contribution in [3.63, 3.8) is 0 Å². The molecule has 0 aromatic heterocycles. The summed E-state index contributed by atoms with van der Waals surface area (Å²) < 4.78 is 0. The van der Waals surface area contributed by atoms with Gasteiger partial charge in [0, 0.05) is 5.54 Å². The molecule has 5 N–H and O–H groups in total. The lowest BCUT2D eigenvalue weighted by Crippen LogP contribution is -2.53. The second-order valence-electron chi connectivity index (χ2n) is 5.12. The maximum absolute atomic E-state index is 11.5. The Kier molecular flexibility index (Phi) is 3.21. The summed E-state index contributed by atoms with van der Waals surface area (Å²) in [4.78, 5) is 11.5. The maximum atomic E-state index is 11.5. The SMILES string of the molecule is CC(C)(C)NC(=O)NC(C(=N)N)C1CC1. The number of urea groups is 1. The maximum Gasteiger partial charge on any atom is 0.315 e. The van der Waals surface area contributed by atoms with Crippen LogP contribution in [0.25, 0.3) is 0 Å². The van der Waals surface area contributed by atoms with Crippen LogP contribution >= 0.6 is 0 Å². The smallest absolute Gasteiger partial charge is 0.315 e. The van der Waals surface area contributed by atoms with Gasteiger partial charge in [0.2, 0.25) is 0 Å². The summed E-state index contributed by atoms with van der Waals surface area (Å²) in [5, 5.41) is 12.9. The quantitative estimate of drug-likeness (QED) is 0.411. The Hall–Kier alpha value is -1.26. The van der Waals surface area contributed by atoms with Crippen molar-refractivity contribution in [1.82, 2.24) is 10.6 Å². The number of amides is 2. The molecule has 86 valence electrons. The molecule has 0 radical (unpaired) electrons. The van der Waals surface area contributed by atoms with Crippen LogP contribution in [0.3, 0.4) is 0 Å². The zero-order chi connectivity index (χ0) is 11.6. The molecule has 0 saturated heterocycles. The number of rotatable bonds is 3. The van der Waals surface area contributed by atoms with Gasteiger partial charge in [0.25, 0.3) is 0 Å². The minimum Gasteiger partial charge on any atom is -0.386 e. The molecule has 1 unspecified atom stereocenters. The topological polar surface area (TPSA) is 91.0 Å². The van der Waals surface area contributed by atoms with Crippen LogP contribution in [0.5, 0.6) is 0 Å². The Labute approximate surface area is 90.3 Å². The number of hydrogen-bond acceptors (Lipinski definition) is 2. The minimum atomic E-state index is -0.299. The van der Waals surface area contributed by atoms with Gasteiger partial charge in [-0.1, -0.05) is 0 Å². The highest BCUT2D eigenvalue weighted by Gasteiger charge is 2.34. The highest BCUT2D eigenvalue weighted by molar-refractivity contribution is 5.88. The zero-order valence-corrected chi connectivity index (χ0v) is 9.55. The third-order valence-electron chi connectivity index (χ3n) is 2.20. The highest BCUT2D eigenvalue weighted by atomic mass is 16.2. The molecule has 15 heavy (non-hydrogen) atoms. The Bertz CT molecular complexity index is 265. The van der Waals surface area contributed by atoms with Gasteiger partial charge >= 0.3 is 6.03 Å². The van der Waals surface area contributed by atoms with Gasteiger partial charge in [-0.3, -0.25) is 5.41 Å². The van der Waals surface area contributed by atoms with Crippen LogP contribution in [-0.2, 0) is 0 Å². The molecule has 1 aliphatic rings. The normalized spacial score (nSPS) is 18.1. The van der Waals surface area contributed by atoms with E-state index in [1.165, 1.54) is 0 Å². The number of nitrogens with one attached hydrogen (secondary N) is 3. The molecule has 2 amide bonds. The largest absolute Gasteiger partial charge is 0.386 e. The Morgan fingerprint density at radius 2 is 2.00 bits per heavy atom. The molecule has 1 aliphatic carbocycles. The first-order valence-electron chi connectivity index (χ1n) is 5.22. The Morgan fingerprint density at radius 1 is 1.47 bits per heavy atom. The zero-order valence-electron chi connectivity index (χ0n) is 9.55. The van der Waals surface area contributed by atoms with Crippen LogP contribution in [0.15, 0.2) is 0 Å². The lowest BCUT2D eigenvalue weighted by Gasteiger charge is -2.23. The lowest BCUT2D eigenvalue weighted by atomic mass is 10.1. The van der Waals surface area contributed by atoms with E-state index in [0.717, 1.165) is 12.8 Å². The molecule has 1 atom stereocenters. The second-order valence-corrected chi connectivity index (χ2v) is 5.12. The van der Waals surface area contributed by atoms with Crippen LogP contribution in [0, 0.1) is 11.3 Å². The van der Waals surface area contributed by atoms with Gasteiger partial charge in [0.05, 0.1) is 6.04 Å². The van der Waals surface area contributed by atoms with Gasteiger partial charge < -0.3 is 16.4 Å². The molecule has 0 aromatic carbocycles. The third kappa shape index (κ3) is 4.18. The molecule has 5 nitrogen and oxygen atoms in total. The summed E-state index contributed by atoms with van der Waals surface area (Å²) in [7, 11) is 0. The van der Waals surface area contributed by atoms with E-state index in [2.05, 4.69) is 10.6 Å². The number of hydrogen-bond donors (Lipinski definition) is 4. The molecule has 1 fully saturated rings. The van der Waals surface area contributed by atoms with Gasteiger partial charge in [-0.2, -0.15) is 0 Å². The van der Waals surface area contributed by atoms with Gasteiger partial charge in [0.1, 0.15) is 5.84 Å². The van der Waals surface area contributed by atoms with Crippen LogP contribution in [-0.4, -0.2) is 23.4 Å². The van der Waals surface area contributed by atoms with Crippen molar-refractivity contribution in [2.75, 3.05) is 0 Å². The number of carbonyl (C=O) groups is 1. The fourth-order valence-corrected chi connectivity index (χ4v) is 1.40. The van der Waals surface area contributed by atoms with Crippen molar-refractivity contribution in [2.45, 2.75) is 45.2 Å². The summed E-state index contributed by atoms with van der Waals surface area (Å²) in [6.45, 7) is 5.73. The van der Waals surface area contributed by atoms with E-state index in [1.807, 2.05) is 20.8 Å². The van der Waals surface area contributed by atoms with Crippen molar-refractivity contribution in [3.8, 4) is 0 Å². The summed E-state index contributed by atoms with van der Waals surface area (Å²) in [6, 6.07) is -0.554. The molecule has 1 saturated carbocycles. The average molecular weight is 212 g/mol. The standard InChI is InChI=1S/C10H20N4O/c1-10(2,3)14-9(15)13-7(8(11)12)6-4-5-6/h6-7H,4-5H2,1-3H3,(H3,11,12)(H2,13,14,15). The second kappa shape index (κ2) is 4.08. The highest BCUT2D eigenvalue weighted by Crippen LogP contribution is 2.32. The van der Waals surface area contributed by atoms with Gasteiger partial charge in [-0.15, -0.1) is 0 Å². The molecule has 0 spiro atoms. The van der Waals surface area contributed by atoms with E-state index in [0.29, 0.717) is 5.92 Å². The van der Waals surface area contributed by atoms with E-state index in [9.17, 15) is 4.79 Å². The van der Waals surface area contributed by atoms with E-state index >= 15 is 0 Å². The first kappa shape index (κ1) is 11.8. The van der Waals surface area contributed by atoms with Crippen LogP contribution in [0.4, 0.5) is 4.79 Å². The molecular weight excluding hydrogens is 192 g/mol. The van der Waals surface area contributed by atoms with Crippen molar-refractivity contribution < 1.29 is 4.79 Å². The van der Waals surface area contributed by atoms with Crippen LogP contribution < -0.4 is 16.4 Å². The fourth-order valence-electron chi connectivity index (χ4n) is 1.40. The van der Waals surface area contributed by atoms with Crippen LogP contribution in [0.2, 0.25) is 0 Å². The number of carbonyl (C=O) groups excluding carboxylic acids is 1. The first-order chi connectivity index (χ1) is 6.79.